The molecular formula is C18H18Cl2N2O3. The van der Waals surface area contributed by atoms with Gasteiger partial charge in [-0.2, -0.15) is 0 Å². The number of hydrogen-bond acceptors (Lipinski definition) is 4. The van der Waals surface area contributed by atoms with Crippen LogP contribution in [0.2, 0.25) is 10.0 Å². The van der Waals surface area contributed by atoms with E-state index in [1.807, 2.05) is 37.2 Å². The Bertz CT molecular complexity index is 796. The molecule has 1 unspecified atom stereocenters. The first kappa shape index (κ1) is 17.9. The van der Waals surface area contributed by atoms with Crippen LogP contribution in [0.4, 0.5) is 0 Å². The molecule has 0 aliphatic carbocycles. The number of hydrogen-bond donors (Lipinski definition) is 1. The first-order valence-electron chi connectivity index (χ1n) is 7.75. The molecule has 0 spiro atoms. The van der Waals surface area contributed by atoms with E-state index in [2.05, 4.69) is 5.32 Å². The fourth-order valence-corrected chi connectivity index (χ4v) is 3.17. The summed E-state index contributed by atoms with van der Waals surface area (Å²) in [5, 5.41) is 3.75. The average Bonchev–Trinajstić information content (AvgIpc) is 3.02. The van der Waals surface area contributed by atoms with Crippen molar-refractivity contribution in [3.05, 3.63) is 57.6 Å². The van der Waals surface area contributed by atoms with Crippen molar-refractivity contribution in [1.82, 2.24) is 10.2 Å². The Morgan fingerprint density at radius 1 is 1.16 bits per heavy atom. The maximum absolute atomic E-state index is 12.4. The summed E-state index contributed by atoms with van der Waals surface area (Å²) in [5.41, 5.74) is 1.42. The van der Waals surface area contributed by atoms with E-state index >= 15 is 0 Å². The zero-order chi connectivity index (χ0) is 18.0. The number of benzene rings is 2. The number of carbonyl (C=O) groups excluding carboxylic acids is 1. The van der Waals surface area contributed by atoms with Crippen LogP contribution in [0, 0.1) is 0 Å². The van der Waals surface area contributed by atoms with Gasteiger partial charge in [-0.15, -0.1) is 0 Å². The van der Waals surface area contributed by atoms with E-state index < -0.39 is 0 Å². The molecule has 0 saturated heterocycles. The lowest BCUT2D eigenvalue weighted by atomic mass is 10.0. The SMILES string of the molecule is CN(C)C(CNC(=O)c1ccc(Cl)cc1Cl)c1ccc2c(c1)OCO2. The van der Waals surface area contributed by atoms with Gasteiger partial charge in [-0.3, -0.25) is 4.79 Å². The van der Waals surface area contributed by atoms with Crippen LogP contribution >= 0.6 is 23.2 Å². The van der Waals surface area contributed by atoms with Gasteiger partial charge in [0.25, 0.3) is 5.91 Å². The molecule has 1 amide bonds. The Hall–Kier alpha value is -1.95. The van der Waals surface area contributed by atoms with Crippen LogP contribution in [-0.4, -0.2) is 38.2 Å². The van der Waals surface area contributed by atoms with Crippen molar-refractivity contribution in [1.29, 1.82) is 0 Å². The number of halogens is 2. The molecule has 25 heavy (non-hydrogen) atoms. The summed E-state index contributed by atoms with van der Waals surface area (Å²) in [6, 6.07) is 10.6. The molecule has 2 aromatic rings. The highest BCUT2D eigenvalue weighted by Gasteiger charge is 2.21. The van der Waals surface area contributed by atoms with Crippen molar-refractivity contribution >= 4 is 29.1 Å². The van der Waals surface area contributed by atoms with E-state index in [4.69, 9.17) is 32.7 Å². The number of nitrogens with zero attached hydrogens (tertiary/aromatic N) is 1. The van der Waals surface area contributed by atoms with Gasteiger partial charge in [0, 0.05) is 11.6 Å². The maximum atomic E-state index is 12.4. The lowest BCUT2D eigenvalue weighted by Crippen LogP contribution is -2.34. The quantitative estimate of drug-likeness (QED) is 0.857. The highest BCUT2D eigenvalue weighted by molar-refractivity contribution is 6.36. The second-order valence-corrected chi connectivity index (χ2v) is 6.77. The molecule has 1 N–H and O–H groups in total. The molecule has 1 aliphatic rings. The third kappa shape index (κ3) is 4.00. The van der Waals surface area contributed by atoms with Gasteiger partial charge in [-0.05, 0) is 50.0 Å². The first-order chi connectivity index (χ1) is 12.0. The minimum Gasteiger partial charge on any atom is -0.454 e. The molecule has 2 aromatic carbocycles. The standard InChI is InChI=1S/C18H18Cl2N2O3/c1-22(2)15(11-3-6-16-17(7-11)25-10-24-16)9-21-18(23)13-5-4-12(19)8-14(13)20/h3-8,15H,9-10H2,1-2H3,(H,21,23). The van der Waals surface area contributed by atoms with Crippen LogP contribution in [0.25, 0.3) is 0 Å². The monoisotopic (exact) mass is 380 g/mol. The molecule has 7 heteroatoms. The van der Waals surface area contributed by atoms with Gasteiger partial charge in [-0.1, -0.05) is 29.3 Å². The Morgan fingerprint density at radius 2 is 1.92 bits per heavy atom. The Morgan fingerprint density at radius 3 is 2.64 bits per heavy atom. The fraction of sp³-hybridized carbons (Fsp3) is 0.278. The van der Waals surface area contributed by atoms with Gasteiger partial charge in [0.1, 0.15) is 0 Å². The van der Waals surface area contributed by atoms with Crippen molar-refractivity contribution in [2.45, 2.75) is 6.04 Å². The molecular weight excluding hydrogens is 363 g/mol. The summed E-state index contributed by atoms with van der Waals surface area (Å²) in [6.07, 6.45) is 0. The molecule has 3 rings (SSSR count). The largest absolute Gasteiger partial charge is 0.454 e. The summed E-state index contributed by atoms with van der Waals surface area (Å²) in [4.78, 5) is 14.4. The van der Waals surface area contributed by atoms with Crippen molar-refractivity contribution in [2.75, 3.05) is 27.4 Å². The van der Waals surface area contributed by atoms with Crippen LogP contribution in [0.15, 0.2) is 36.4 Å². The molecule has 0 bridgehead atoms. The van der Waals surface area contributed by atoms with Crippen LogP contribution in [0.1, 0.15) is 22.0 Å². The third-order valence-electron chi connectivity index (χ3n) is 4.04. The van der Waals surface area contributed by atoms with Crippen molar-refractivity contribution < 1.29 is 14.3 Å². The predicted octanol–water partition coefficient (Wildman–Crippen LogP) is 3.75. The van der Waals surface area contributed by atoms with E-state index in [1.165, 1.54) is 0 Å². The smallest absolute Gasteiger partial charge is 0.252 e. The van der Waals surface area contributed by atoms with Gasteiger partial charge in [0.2, 0.25) is 6.79 Å². The third-order valence-corrected chi connectivity index (χ3v) is 4.58. The number of fused-ring (bicyclic) bond motifs is 1. The van der Waals surface area contributed by atoms with Crippen LogP contribution < -0.4 is 14.8 Å². The minimum atomic E-state index is -0.241. The number of likely N-dealkylation sites (N-methyl/N-ethyl adjacent to an activating group) is 1. The van der Waals surface area contributed by atoms with Gasteiger partial charge < -0.3 is 19.7 Å². The van der Waals surface area contributed by atoms with Crippen LogP contribution in [-0.2, 0) is 0 Å². The van der Waals surface area contributed by atoms with E-state index in [9.17, 15) is 4.79 Å². The second-order valence-electron chi connectivity index (χ2n) is 5.93. The zero-order valence-electron chi connectivity index (χ0n) is 13.9. The number of carbonyl (C=O) groups is 1. The van der Waals surface area contributed by atoms with E-state index in [0.717, 1.165) is 17.1 Å². The first-order valence-corrected chi connectivity index (χ1v) is 8.50. The minimum absolute atomic E-state index is 0.0236. The topological polar surface area (TPSA) is 50.8 Å². The van der Waals surface area contributed by atoms with Gasteiger partial charge in [0.05, 0.1) is 16.6 Å². The second kappa shape index (κ2) is 7.52. The Labute approximate surface area is 156 Å². The normalized spacial score (nSPS) is 13.8. The van der Waals surface area contributed by atoms with Crippen LogP contribution in [0.3, 0.4) is 0 Å². The molecule has 0 saturated carbocycles. The summed E-state index contributed by atoms with van der Waals surface area (Å²) in [7, 11) is 3.91. The van der Waals surface area contributed by atoms with E-state index in [-0.39, 0.29) is 18.7 Å². The highest BCUT2D eigenvalue weighted by Crippen LogP contribution is 2.35. The van der Waals surface area contributed by atoms with E-state index in [0.29, 0.717) is 22.2 Å². The molecule has 1 atom stereocenters. The number of rotatable bonds is 5. The maximum Gasteiger partial charge on any atom is 0.252 e. The van der Waals surface area contributed by atoms with Crippen molar-refractivity contribution in [3.8, 4) is 11.5 Å². The van der Waals surface area contributed by atoms with Crippen molar-refractivity contribution in [2.24, 2.45) is 0 Å². The fourth-order valence-electron chi connectivity index (χ4n) is 2.68. The lowest BCUT2D eigenvalue weighted by Gasteiger charge is -2.25. The molecule has 1 aliphatic heterocycles. The summed E-state index contributed by atoms with van der Waals surface area (Å²) >= 11 is 12.0. The predicted molar refractivity (Wildman–Crippen MR) is 97.8 cm³/mol. The number of amides is 1. The number of ether oxygens (including phenoxy) is 2. The molecule has 132 valence electrons. The van der Waals surface area contributed by atoms with Crippen LogP contribution in [0.5, 0.6) is 11.5 Å². The summed E-state index contributed by atoms with van der Waals surface area (Å²) in [6.45, 7) is 0.654. The Balaban J connectivity index is 1.73. The Kier molecular flexibility index (Phi) is 5.37. The van der Waals surface area contributed by atoms with Gasteiger partial charge in [-0.25, -0.2) is 0 Å². The van der Waals surface area contributed by atoms with Gasteiger partial charge in [0.15, 0.2) is 11.5 Å². The summed E-state index contributed by atoms with van der Waals surface area (Å²) < 4.78 is 10.8. The van der Waals surface area contributed by atoms with Gasteiger partial charge >= 0.3 is 0 Å². The van der Waals surface area contributed by atoms with Crippen molar-refractivity contribution in [3.63, 3.8) is 0 Å². The molecule has 0 aromatic heterocycles. The van der Waals surface area contributed by atoms with E-state index in [1.54, 1.807) is 18.2 Å². The average molecular weight is 381 g/mol. The molecule has 5 nitrogen and oxygen atoms in total. The zero-order valence-corrected chi connectivity index (χ0v) is 15.4. The molecule has 0 radical (unpaired) electrons. The number of nitrogens with one attached hydrogen (secondary N) is 1. The highest BCUT2D eigenvalue weighted by atomic mass is 35.5. The lowest BCUT2D eigenvalue weighted by molar-refractivity contribution is 0.0942. The summed E-state index contributed by atoms with van der Waals surface area (Å²) in [5.74, 6) is 1.21. The molecule has 1 heterocycles. The molecule has 0 fully saturated rings.